The molecule has 0 saturated carbocycles. The third kappa shape index (κ3) is 5.69. The number of anilines is 1. The maximum absolute atomic E-state index is 11.8. The van der Waals surface area contributed by atoms with Crippen LogP contribution < -0.4 is 15.4 Å². The van der Waals surface area contributed by atoms with Gasteiger partial charge in [0.1, 0.15) is 5.75 Å². The van der Waals surface area contributed by atoms with E-state index >= 15 is 0 Å². The van der Waals surface area contributed by atoms with Crippen LogP contribution >= 0.6 is 0 Å². The molecule has 1 heterocycles. The van der Waals surface area contributed by atoms with Crippen molar-refractivity contribution in [2.75, 3.05) is 25.6 Å². The molecule has 0 fully saturated rings. The van der Waals surface area contributed by atoms with Crippen LogP contribution in [0.1, 0.15) is 17.0 Å². The highest BCUT2D eigenvalue weighted by Gasteiger charge is 2.12. The normalized spacial score (nSPS) is 9.96. The molecule has 2 N–H and O–H groups in total. The van der Waals surface area contributed by atoms with Crippen molar-refractivity contribution in [3.05, 3.63) is 48.4 Å². The summed E-state index contributed by atoms with van der Waals surface area (Å²) in [6.07, 6.45) is 1.32. The van der Waals surface area contributed by atoms with Crippen LogP contribution in [0.5, 0.6) is 5.75 Å². The van der Waals surface area contributed by atoms with Gasteiger partial charge in [-0.3, -0.25) is 14.4 Å². The van der Waals surface area contributed by atoms with E-state index in [1.165, 1.54) is 19.4 Å². The van der Waals surface area contributed by atoms with Gasteiger partial charge >= 0.3 is 5.97 Å². The van der Waals surface area contributed by atoms with Gasteiger partial charge in [0.15, 0.2) is 12.4 Å². The zero-order valence-electron chi connectivity index (χ0n) is 13.6. The standard InChI is InChI=1S/C17H18N2O6/c1-23-13-6-3-2-5-12(13)19-15(20)11-25-16(21)8-9-18-17(22)14-7-4-10-24-14/h2-7,10H,8-9,11H2,1H3,(H,18,22)(H,19,20). The Hall–Kier alpha value is -3.29. The Morgan fingerprint density at radius 1 is 1.12 bits per heavy atom. The maximum atomic E-state index is 11.8. The molecule has 8 nitrogen and oxygen atoms in total. The molecule has 0 aliphatic carbocycles. The molecule has 0 spiro atoms. The van der Waals surface area contributed by atoms with Gasteiger partial charge in [-0.25, -0.2) is 0 Å². The number of benzene rings is 1. The number of furan rings is 1. The van der Waals surface area contributed by atoms with Gasteiger partial charge in [0, 0.05) is 6.54 Å². The van der Waals surface area contributed by atoms with Crippen LogP contribution in [0.25, 0.3) is 0 Å². The van der Waals surface area contributed by atoms with Gasteiger partial charge in [-0.2, -0.15) is 0 Å². The SMILES string of the molecule is COc1ccccc1NC(=O)COC(=O)CCNC(=O)c1ccco1. The largest absolute Gasteiger partial charge is 0.495 e. The fourth-order valence-corrected chi connectivity index (χ4v) is 1.93. The van der Waals surface area contributed by atoms with E-state index in [0.717, 1.165) is 0 Å². The number of hydrogen-bond acceptors (Lipinski definition) is 6. The number of rotatable bonds is 8. The van der Waals surface area contributed by atoms with Crippen LogP contribution in [0.2, 0.25) is 0 Å². The number of nitrogens with one attached hydrogen (secondary N) is 2. The summed E-state index contributed by atoms with van der Waals surface area (Å²) in [6.45, 7) is -0.352. The molecule has 0 aliphatic rings. The lowest BCUT2D eigenvalue weighted by atomic mass is 10.3. The third-order valence-corrected chi connectivity index (χ3v) is 3.10. The number of carbonyl (C=O) groups excluding carboxylic acids is 3. The fourth-order valence-electron chi connectivity index (χ4n) is 1.93. The average molecular weight is 346 g/mol. The molecule has 1 aromatic carbocycles. The Morgan fingerprint density at radius 3 is 2.64 bits per heavy atom. The number of methoxy groups -OCH3 is 1. The molecule has 0 atom stereocenters. The Kier molecular flexibility index (Phi) is 6.58. The molecule has 0 unspecified atom stereocenters. The van der Waals surface area contributed by atoms with Crippen molar-refractivity contribution < 1.29 is 28.3 Å². The van der Waals surface area contributed by atoms with E-state index in [1.54, 1.807) is 30.3 Å². The van der Waals surface area contributed by atoms with Crippen molar-refractivity contribution in [1.29, 1.82) is 0 Å². The van der Waals surface area contributed by atoms with E-state index in [-0.39, 0.29) is 18.7 Å². The first kappa shape index (κ1) is 18.1. The summed E-state index contributed by atoms with van der Waals surface area (Å²) in [5, 5.41) is 5.09. The van der Waals surface area contributed by atoms with E-state index in [0.29, 0.717) is 11.4 Å². The van der Waals surface area contributed by atoms with Crippen molar-refractivity contribution in [2.24, 2.45) is 0 Å². The van der Waals surface area contributed by atoms with Gasteiger partial charge in [-0.1, -0.05) is 12.1 Å². The minimum absolute atomic E-state index is 0.0611. The summed E-state index contributed by atoms with van der Waals surface area (Å²) in [6, 6.07) is 9.97. The Balaban J connectivity index is 1.67. The molecule has 0 saturated heterocycles. The van der Waals surface area contributed by atoms with Gasteiger partial charge in [0.25, 0.3) is 11.8 Å². The summed E-state index contributed by atoms with van der Waals surface area (Å²) in [5.74, 6) is -0.855. The lowest BCUT2D eigenvalue weighted by Crippen LogP contribution is -2.27. The van der Waals surface area contributed by atoms with E-state index in [9.17, 15) is 14.4 Å². The van der Waals surface area contributed by atoms with E-state index in [1.807, 2.05) is 0 Å². The van der Waals surface area contributed by atoms with E-state index in [4.69, 9.17) is 13.9 Å². The number of hydrogen-bond donors (Lipinski definition) is 2. The highest BCUT2D eigenvalue weighted by molar-refractivity contribution is 5.94. The highest BCUT2D eigenvalue weighted by Crippen LogP contribution is 2.22. The minimum Gasteiger partial charge on any atom is -0.495 e. The Bertz CT molecular complexity index is 726. The molecule has 1 aromatic heterocycles. The number of esters is 1. The molecule has 2 amide bonds. The van der Waals surface area contributed by atoms with Crippen LogP contribution in [0, 0.1) is 0 Å². The Morgan fingerprint density at radius 2 is 1.92 bits per heavy atom. The molecular weight excluding hydrogens is 328 g/mol. The molecular formula is C17H18N2O6. The van der Waals surface area contributed by atoms with Gasteiger partial charge in [-0.05, 0) is 24.3 Å². The number of ether oxygens (including phenoxy) is 2. The van der Waals surface area contributed by atoms with Crippen LogP contribution in [-0.4, -0.2) is 38.0 Å². The first-order chi connectivity index (χ1) is 12.1. The third-order valence-electron chi connectivity index (χ3n) is 3.10. The molecule has 0 aliphatic heterocycles. The van der Waals surface area contributed by atoms with Gasteiger partial charge in [0.2, 0.25) is 0 Å². The second kappa shape index (κ2) is 9.11. The van der Waals surface area contributed by atoms with Crippen LogP contribution in [0.4, 0.5) is 5.69 Å². The first-order valence-electron chi connectivity index (χ1n) is 7.50. The maximum Gasteiger partial charge on any atom is 0.308 e. The minimum atomic E-state index is -0.602. The van der Waals surface area contributed by atoms with Crippen molar-refractivity contribution in [2.45, 2.75) is 6.42 Å². The lowest BCUT2D eigenvalue weighted by molar-refractivity contribution is -0.147. The molecule has 0 radical (unpaired) electrons. The van der Waals surface area contributed by atoms with Crippen molar-refractivity contribution >= 4 is 23.5 Å². The monoisotopic (exact) mass is 346 g/mol. The number of amides is 2. The summed E-state index contributed by atoms with van der Waals surface area (Å²) in [7, 11) is 1.49. The average Bonchev–Trinajstić information content (AvgIpc) is 3.15. The summed E-state index contributed by atoms with van der Waals surface area (Å²) in [4.78, 5) is 35.0. The molecule has 2 aromatic rings. The van der Waals surface area contributed by atoms with Gasteiger partial charge in [-0.15, -0.1) is 0 Å². The predicted molar refractivity (Wildman–Crippen MR) is 88.2 cm³/mol. The zero-order valence-corrected chi connectivity index (χ0v) is 13.6. The summed E-state index contributed by atoms with van der Waals surface area (Å²) in [5.41, 5.74) is 0.483. The lowest BCUT2D eigenvalue weighted by Gasteiger charge is -2.10. The van der Waals surface area contributed by atoms with Gasteiger partial charge in [0.05, 0.1) is 25.5 Å². The highest BCUT2D eigenvalue weighted by atomic mass is 16.5. The van der Waals surface area contributed by atoms with Gasteiger partial charge < -0.3 is 24.5 Å². The first-order valence-corrected chi connectivity index (χ1v) is 7.50. The van der Waals surface area contributed by atoms with Crippen LogP contribution in [-0.2, 0) is 14.3 Å². The van der Waals surface area contributed by atoms with Crippen molar-refractivity contribution in [1.82, 2.24) is 5.32 Å². The quantitative estimate of drug-likeness (QED) is 0.703. The molecule has 2 rings (SSSR count). The Labute approximate surface area is 144 Å². The molecule has 8 heteroatoms. The number of carbonyl (C=O) groups is 3. The smallest absolute Gasteiger partial charge is 0.308 e. The fraction of sp³-hybridized carbons (Fsp3) is 0.235. The van der Waals surface area contributed by atoms with E-state index in [2.05, 4.69) is 10.6 Å². The van der Waals surface area contributed by atoms with Crippen LogP contribution in [0.3, 0.4) is 0 Å². The summed E-state index contributed by atoms with van der Waals surface area (Å²) >= 11 is 0. The van der Waals surface area contributed by atoms with E-state index < -0.39 is 24.4 Å². The molecule has 132 valence electrons. The molecule has 25 heavy (non-hydrogen) atoms. The summed E-state index contributed by atoms with van der Waals surface area (Å²) < 4.78 is 14.9. The second-order valence-electron chi connectivity index (χ2n) is 4.89. The second-order valence-corrected chi connectivity index (χ2v) is 4.89. The van der Waals surface area contributed by atoms with Crippen molar-refractivity contribution in [3.8, 4) is 5.75 Å². The predicted octanol–water partition coefficient (Wildman–Crippen LogP) is 1.59. The number of para-hydroxylation sites is 2. The topological polar surface area (TPSA) is 107 Å². The molecule has 0 bridgehead atoms. The van der Waals surface area contributed by atoms with Crippen molar-refractivity contribution in [3.63, 3.8) is 0 Å². The zero-order chi connectivity index (χ0) is 18.1. The van der Waals surface area contributed by atoms with Crippen LogP contribution in [0.15, 0.2) is 47.1 Å².